The van der Waals surface area contributed by atoms with Gasteiger partial charge in [-0.2, -0.15) is 0 Å². The Hall–Kier alpha value is -1.69. The fourth-order valence-electron chi connectivity index (χ4n) is 1.87. The number of anilines is 1. The number of nitrogens with one attached hydrogen (secondary N) is 1. The van der Waals surface area contributed by atoms with Crippen LogP contribution in [0.15, 0.2) is 18.5 Å². The van der Waals surface area contributed by atoms with Crippen LogP contribution in [0.1, 0.15) is 12.8 Å². The van der Waals surface area contributed by atoms with Crippen molar-refractivity contribution in [2.45, 2.75) is 12.8 Å². The zero-order valence-corrected chi connectivity index (χ0v) is 9.43. The molecule has 0 amide bonds. The van der Waals surface area contributed by atoms with Gasteiger partial charge in [-0.3, -0.25) is 4.79 Å². The van der Waals surface area contributed by atoms with Crippen molar-refractivity contribution >= 4 is 11.9 Å². The Balaban J connectivity index is 2.01. The molecule has 2 N–H and O–H groups in total. The normalized spacial score (nSPS) is 18.6. The van der Waals surface area contributed by atoms with E-state index in [0.717, 1.165) is 0 Å². The Bertz CT molecular complexity index is 377. The van der Waals surface area contributed by atoms with E-state index in [1.54, 1.807) is 18.5 Å². The van der Waals surface area contributed by atoms with E-state index in [1.165, 1.54) is 0 Å². The van der Waals surface area contributed by atoms with Gasteiger partial charge >= 0.3 is 5.97 Å². The maximum atomic E-state index is 11.4. The van der Waals surface area contributed by atoms with Gasteiger partial charge in [0.25, 0.3) is 0 Å². The van der Waals surface area contributed by atoms with Gasteiger partial charge in [0, 0.05) is 32.2 Å². The molecule has 0 spiro atoms. The molecule has 92 valence electrons. The number of hydrogen-bond donors (Lipinski definition) is 2. The standard InChI is InChI=1S/C11H15N3O3/c15-9(16)11(2-6-17-7-3-11)8-14-10-12-4-1-5-13-10/h1,4-5H,2-3,6-8H2,(H,15,16)(H,12,13,14). The summed E-state index contributed by atoms with van der Waals surface area (Å²) in [6, 6.07) is 1.71. The van der Waals surface area contributed by atoms with Crippen molar-refractivity contribution in [3.63, 3.8) is 0 Å². The summed E-state index contributed by atoms with van der Waals surface area (Å²) in [4.78, 5) is 19.4. The molecule has 6 heteroatoms. The third-order valence-corrected chi connectivity index (χ3v) is 3.05. The molecule has 0 radical (unpaired) electrons. The van der Waals surface area contributed by atoms with Crippen molar-refractivity contribution in [2.75, 3.05) is 25.1 Å². The summed E-state index contributed by atoms with van der Waals surface area (Å²) >= 11 is 0. The van der Waals surface area contributed by atoms with Gasteiger partial charge in [0.05, 0.1) is 5.41 Å². The summed E-state index contributed by atoms with van der Waals surface area (Å²) in [5.41, 5.74) is -0.766. The lowest BCUT2D eigenvalue weighted by Crippen LogP contribution is -2.42. The van der Waals surface area contributed by atoms with Gasteiger partial charge in [0.15, 0.2) is 0 Å². The third-order valence-electron chi connectivity index (χ3n) is 3.05. The second kappa shape index (κ2) is 5.09. The molecular weight excluding hydrogens is 222 g/mol. The second-order valence-corrected chi connectivity index (χ2v) is 4.12. The third kappa shape index (κ3) is 2.71. The van der Waals surface area contributed by atoms with E-state index in [9.17, 15) is 9.90 Å². The van der Waals surface area contributed by atoms with Crippen molar-refractivity contribution in [1.29, 1.82) is 0 Å². The van der Waals surface area contributed by atoms with Crippen LogP contribution >= 0.6 is 0 Å². The average Bonchev–Trinajstić information content (AvgIpc) is 2.38. The maximum Gasteiger partial charge on any atom is 0.311 e. The molecule has 1 aliphatic heterocycles. The van der Waals surface area contributed by atoms with Gasteiger partial charge in [-0.1, -0.05) is 0 Å². The summed E-state index contributed by atoms with van der Waals surface area (Å²) in [5, 5.41) is 12.3. The van der Waals surface area contributed by atoms with Crippen molar-refractivity contribution in [1.82, 2.24) is 9.97 Å². The first kappa shape index (κ1) is 11.8. The molecule has 17 heavy (non-hydrogen) atoms. The highest BCUT2D eigenvalue weighted by Gasteiger charge is 2.40. The predicted octanol–water partition coefficient (Wildman–Crippen LogP) is 0.770. The number of carboxylic acids is 1. The predicted molar refractivity (Wildman–Crippen MR) is 60.6 cm³/mol. The van der Waals surface area contributed by atoms with Crippen molar-refractivity contribution in [3.05, 3.63) is 18.5 Å². The first-order valence-corrected chi connectivity index (χ1v) is 5.55. The number of ether oxygens (including phenoxy) is 1. The Kier molecular flexibility index (Phi) is 3.53. The molecule has 0 atom stereocenters. The topological polar surface area (TPSA) is 84.3 Å². The van der Waals surface area contributed by atoms with Crippen LogP contribution in [0, 0.1) is 5.41 Å². The minimum atomic E-state index is -0.788. The summed E-state index contributed by atoms with van der Waals surface area (Å²) in [6.45, 7) is 1.31. The molecule has 1 saturated heterocycles. The fourth-order valence-corrected chi connectivity index (χ4v) is 1.87. The van der Waals surface area contributed by atoms with E-state index in [1.807, 2.05) is 0 Å². The highest BCUT2D eigenvalue weighted by molar-refractivity contribution is 5.75. The first-order valence-electron chi connectivity index (χ1n) is 5.55. The Morgan fingerprint density at radius 1 is 1.41 bits per heavy atom. The number of aromatic nitrogens is 2. The molecule has 2 rings (SSSR count). The summed E-state index contributed by atoms with van der Waals surface area (Å²) in [7, 11) is 0. The molecular formula is C11H15N3O3. The number of nitrogens with zero attached hydrogens (tertiary/aromatic N) is 2. The Morgan fingerprint density at radius 2 is 2.06 bits per heavy atom. The van der Waals surface area contributed by atoms with Crippen LogP contribution in [0.4, 0.5) is 5.95 Å². The summed E-state index contributed by atoms with van der Waals surface area (Å²) < 4.78 is 5.20. The fraction of sp³-hybridized carbons (Fsp3) is 0.545. The Labute approximate surface area is 99.0 Å². The molecule has 0 unspecified atom stereocenters. The monoisotopic (exact) mass is 237 g/mol. The van der Waals surface area contributed by atoms with Crippen LogP contribution in [0.25, 0.3) is 0 Å². The van der Waals surface area contributed by atoms with E-state index < -0.39 is 11.4 Å². The van der Waals surface area contributed by atoms with E-state index in [0.29, 0.717) is 38.5 Å². The van der Waals surface area contributed by atoms with E-state index in [2.05, 4.69) is 15.3 Å². The number of carbonyl (C=O) groups is 1. The SMILES string of the molecule is O=C(O)C1(CNc2ncccn2)CCOCC1. The quantitative estimate of drug-likeness (QED) is 0.804. The van der Waals surface area contributed by atoms with Gasteiger partial charge in [-0.15, -0.1) is 0 Å². The van der Waals surface area contributed by atoms with Crippen LogP contribution in [0.5, 0.6) is 0 Å². The summed E-state index contributed by atoms with van der Waals surface area (Å²) in [6.07, 6.45) is 4.27. The lowest BCUT2D eigenvalue weighted by atomic mass is 9.80. The van der Waals surface area contributed by atoms with E-state index >= 15 is 0 Å². The molecule has 6 nitrogen and oxygen atoms in total. The van der Waals surface area contributed by atoms with Crippen LogP contribution in [-0.4, -0.2) is 40.8 Å². The molecule has 0 aromatic carbocycles. The summed E-state index contributed by atoms with van der Waals surface area (Å²) in [5.74, 6) is -0.330. The zero-order chi connectivity index (χ0) is 12.1. The van der Waals surface area contributed by atoms with Crippen LogP contribution in [0.3, 0.4) is 0 Å². The van der Waals surface area contributed by atoms with Crippen molar-refractivity contribution in [2.24, 2.45) is 5.41 Å². The zero-order valence-electron chi connectivity index (χ0n) is 9.43. The molecule has 1 fully saturated rings. The molecule has 0 bridgehead atoms. The number of hydrogen-bond acceptors (Lipinski definition) is 5. The van der Waals surface area contributed by atoms with Gasteiger partial charge in [0.1, 0.15) is 0 Å². The molecule has 0 aliphatic carbocycles. The lowest BCUT2D eigenvalue weighted by molar-refractivity contribution is -0.153. The highest BCUT2D eigenvalue weighted by atomic mass is 16.5. The van der Waals surface area contributed by atoms with Crippen molar-refractivity contribution < 1.29 is 14.6 Å². The minimum absolute atomic E-state index is 0.329. The van der Waals surface area contributed by atoms with Gasteiger partial charge in [0.2, 0.25) is 5.95 Å². The minimum Gasteiger partial charge on any atom is -0.481 e. The molecule has 2 heterocycles. The number of aliphatic carboxylic acids is 1. The Morgan fingerprint density at radius 3 is 2.65 bits per heavy atom. The average molecular weight is 237 g/mol. The van der Waals surface area contributed by atoms with Gasteiger partial charge in [-0.05, 0) is 18.9 Å². The van der Waals surface area contributed by atoms with E-state index in [-0.39, 0.29) is 0 Å². The van der Waals surface area contributed by atoms with Crippen LogP contribution in [-0.2, 0) is 9.53 Å². The molecule has 0 saturated carbocycles. The van der Waals surface area contributed by atoms with E-state index in [4.69, 9.17) is 4.74 Å². The van der Waals surface area contributed by atoms with Gasteiger partial charge < -0.3 is 15.2 Å². The van der Waals surface area contributed by atoms with Crippen LogP contribution < -0.4 is 5.32 Å². The van der Waals surface area contributed by atoms with Crippen LogP contribution in [0.2, 0.25) is 0 Å². The molecule has 1 aromatic heterocycles. The second-order valence-electron chi connectivity index (χ2n) is 4.12. The smallest absolute Gasteiger partial charge is 0.311 e. The highest BCUT2D eigenvalue weighted by Crippen LogP contribution is 2.30. The largest absolute Gasteiger partial charge is 0.481 e. The van der Waals surface area contributed by atoms with Crippen molar-refractivity contribution in [3.8, 4) is 0 Å². The number of rotatable bonds is 4. The van der Waals surface area contributed by atoms with Gasteiger partial charge in [-0.25, -0.2) is 9.97 Å². The first-order chi connectivity index (χ1) is 8.23. The number of carboxylic acid groups (broad SMARTS) is 1. The lowest BCUT2D eigenvalue weighted by Gasteiger charge is -2.33. The maximum absolute atomic E-state index is 11.4. The molecule has 1 aromatic rings. The molecule has 1 aliphatic rings.